The van der Waals surface area contributed by atoms with Crippen LogP contribution in [-0.2, 0) is 0 Å². The molecule has 0 amide bonds. The third-order valence-corrected chi connectivity index (χ3v) is 1.59. The number of hydrogen-bond donors (Lipinski definition) is 0. The summed E-state index contributed by atoms with van der Waals surface area (Å²) >= 11 is 1.49. The second kappa shape index (κ2) is 3.62. The van der Waals surface area contributed by atoms with Gasteiger partial charge in [-0.05, 0) is 24.0 Å². The highest BCUT2D eigenvalue weighted by atomic mass is 32.1. The van der Waals surface area contributed by atoms with Gasteiger partial charge in [0, 0.05) is 11.8 Å². The fraction of sp³-hybridized carbons (Fsp3) is 0.286. The standard InChI is InChI=1S/C7H9NS/c1-2-3-4-7-5-6-9-8-7/h4-6H,1-3H2. The fourth-order valence-corrected chi connectivity index (χ4v) is 1.10. The zero-order chi connectivity index (χ0) is 6.53. The van der Waals surface area contributed by atoms with Gasteiger partial charge in [0.1, 0.15) is 0 Å². The summed E-state index contributed by atoms with van der Waals surface area (Å²) in [7, 11) is 0. The highest BCUT2D eigenvalue weighted by Gasteiger charge is 1.91. The Morgan fingerprint density at radius 2 is 2.67 bits per heavy atom. The molecule has 0 aromatic carbocycles. The van der Waals surface area contributed by atoms with E-state index in [9.17, 15) is 0 Å². The van der Waals surface area contributed by atoms with E-state index in [4.69, 9.17) is 0 Å². The lowest BCUT2D eigenvalue weighted by Gasteiger charge is -1.88. The van der Waals surface area contributed by atoms with Crippen molar-refractivity contribution in [2.75, 3.05) is 0 Å². The summed E-state index contributed by atoms with van der Waals surface area (Å²) in [6, 6.07) is 2.01. The van der Waals surface area contributed by atoms with Gasteiger partial charge in [0.15, 0.2) is 0 Å². The van der Waals surface area contributed by atoms with Crippen molar-refractivity contribution >= 4 is 11.5 Å². The molecule has 0 unspecified atom stereocenters. The predicted molar refractivity (Wildman–Crippen MR) is 40.1 cm³/mol. The lowest BCUT2D eigenvalue weighted by atomic mass is 10.2. The zero-order valence-corrected chi connectivity index (χ0v) is 6.03. The van der Waals surface area contributed by atoms with Crippen LogP contribution in [0, 0.1) is 13.3 Å². The summed E-state index contributed by atoms with van der Waals surface area (Å²) in [6.45, 7) is 3.73. The molecule has 0 fully saturated rings. The number of unbranched alkanes of at least 4 members (excludes halogenated alkanes) is 1. The summed E-state index contributed by atoms with van der Waals surface area (Å²) in [5, 5.41) is 1.98. The maximum absolute atomic E-state index is 4.11. The van der Waals surface area contributed by atoms with E-state index >= 15 is 0 Å². The molecule has 0 atom stereocenters. The number of hydrogen-bond acceptors (Lipinski definition) is 2. The maximum atomic E-state index is 4.11. The molecule has 1 aromatic heterocycles. The van der Waals surface area contributed by atoms with E-state index in [0.717, 1.165) is 18.5 Å². The molecule has 0 bridgehead atoms. The van der Waals surface area contributed by atoms with Gasteiger partial charge in [-0.1, -0.05) is 13.3 Å². The average Bonchev–Trinajstić information content (AvgIpc) is 2.34. The molecule has 9 heavy (non-hydrogen) atoms. The van der Waals surface area contributed by atoms with Crippen molar-refractivity contribution in [3.05, 3.63) is 30.5 Å². The Bertz CT molecular complexity index is 146. The quantitative estimate of drug-likeness (QED) is 0.626. The molecule has 1 rings (SSSR count). The lowest BCUT2D eigenvalue weighted by molar-refractivity contribution is 0.977. The molecule has 0 N–H and O–H groups in total. The van der Waals surface area contributed by atoms with E-state index < -0.39 is 0 Å². The summed E-state index contributed by atoms with van der Waals surface area (Å²) < 4.78 is 4.11. The predicted octanol–water partition coefficient (Wildman–Crippen LogP) is 2.31. The minimum Gasteiger partial charge on any atom is -0.197 e. The molecule has 0 saturated carbocycles. The number of nitrogens with zero attached hydrogens (tertiary/aromatic N) is 1. The van der Waals surface area contributed by atoms with E-state index in [-0.39, 0.29) is 0 Å². The molecule has 48 valence electrons. The first-order valence-electron chi connectivity index (χ1n) is 2.96. The fourth-order valence-electron chi connectivity index (χ4n) is 0.577. The van der Waals surface area contributed by atoms with Crippen molar-refractivity contribution in [2.45, 2.75) is 12.8 Å². The van der Waals surface area contributed by atoms with Gasteiger partial charge in [-0.2, -0.15) is 4.37 Å². The van der Waals surface area contributed by atoms with E-state index in [1.807, 2.05) is 11.4 Å². The SMILES string of the molecule is [CH2]CC[CH]c1ccsn1. The monoisotopic (exact) mass is 139 g/mol. The Balaban J connectivity index is 2.30. The summed E-state index contributed by atoms with van der Waals surface area (Å²) in [5.74, 6) is 0. The molecular weight excluding hydrogens is 130 g/mol. The van der Waals surface area contributed by atoms with E-state index in [1.54, 1.807) is 0 Å². The first-order chi connectivity index (χ1) is 4.43. The zero-order valence-electron chi connectivity index (χ0n) is 5.21. The summed E-state index contributed by atoms with van der Waals surface area (Å²) in [6.07, 6.45) is 4.09. The molecule has 2 radical (unpaired) electrons. The van der Waals surface area contributed by atoms with Crippen LogP contribution >= 0.6 is 11.5 Å². The van der Waals surface area contributed by atoms with Gasteiger partial charge >= 0.3 is 0 Å². The van der Waals surface area contributed by atoms with Crippen molar-refractivity contribution in [1.82, 2.24) is 4.37 Å². The van der Waals surface area contributed by atoms with Gasteiger partial charge in [-0.3, -0.25) is 0 Å². The van der Waals surface area contributed by atoms with Gasteiger partial charge in [0.05, 0.1) is 5.69 Å². The van der Waals surface area contributed by atoms with Crippen LogP contribution in [0.2, 0.25) is 0 Å². The Kier molecular flexibility index (Phi) is 2.71. The van der Waals surface area contributed by atoms with Crippen molar-refractivity contribution in [3.8, 4) is 0 Å². The van der Waals surface area contributed by atoms with Crippen LogP contribution in [0.3, 0.4) is 0 Å². The van der Waals surface area contributed by atoms with E-state index in [0.29, 0.717) is 0 Å². The molecule has 2 heteroatoms. The molecule has 1 nitrogen and oxygen atoms in total. The van der Waals surface area contributed by atoms with Crippen LogP contribution in [0.4, 0.5) is 0 Å². The second-order valence-corrected chi connectivity index (χ2v) is 2.44. The van der Waals surface area contributed by atoms with Crippen LogP contribution in [0.15, 0.2) is 11.4 Å². The first-order valence-corrected chi connectivity index (χ1v) is 3.80. The topological polar surface area (TPSA) is 12.9 Å². The van der Waals surface area contributed by atoms with Crippen molar-refractivity contribution in [2.24, 2.45) is 0 Å². The first kappa shape index (κ1) is 6.75. The number of rotatable bonds is 3. The van der Waals surface area contributed by atoms with Gasteiger partial charge in [0.25, 0.3) is 0 Å². The number of aromatic nitrogens is 1. The van der Waals surface area contributed by atoms with Crippen molar-refractivity contribution < 1.29 is 0 Å². The van der Waals surface area contributed by atoms with E-state index in [2.05, 4.69) is 17.7 Å². The molecule has 0 aliphatic carbocycles. The van der Waals surface area contributed by atoms with Crippen molar-refractivity contribution in [1.29, 1.82) is 0 Å². The normalized spacial score (nSPS) is 9.89. The third kappa shape index (κ3) is 2.14. The highest BCUT2D eigenvalue weighted by molar-refractivity contribution is 7.03. The molecule has 1 aromatic rings. The van der Waals surface area contributed by atoms with Gasteiger partial charge in [-0.25, -0.2) is 0 Å². The van der Waals surface area contributed by atoms with Crippen LogP contribution in [0.25, 0.3) is 0 Å². The van der Waals surface area contributed by atoms with Crippen LogP contribution in [0.5, 0.6) is 0 Å². The minimum atomic E-state index is 0.956. The lowest BCUT2D eigenvalue weighted by Crippen LogP contribution is -1.77. The smallest absolute Gasteiger partial charge is 0.0579 e. The maximum Gasteiger partial charge on any atom is 0.0579 e. The Hall–Kier alpha value is -0.370. The van der Waals surface area contributed by atoms with Crippen LogP contribution in [-0.4, -0.2) is 4.37 Å². The molecule has 0 aliphatic rings. The highest BCUT2D eigenvalue weighted by Crippen LogP contribution is 2.05. The van der Waals surface area contributed by atoms with Crippen LogP contribution in [0.1, 0.15) is 18.5 Å². The molecule has 0 aliphatic heterocycles. The third-order valence-electron chi connectivity index (χ3n) is 1.02. The Morgan fingerprint density at radius 3 is 3.22 bits per heavy atom. The van der Waals surface area contributed by atoms with Gasteiger partial charge < -0.3 is 0 Å². The molecule has 0 spiro atoms. The van der Waals surface area contributed by atoms with Gasteiger partial charge in [-0.15, -0.1) is 0 Å². The van der Waals surface area contributed by atoms with Gasteiger partial charge in [0.2, 0.25) is 0 Å². The Labute approximate surface area is 59.9 Å². The largest absolute Gasteiger partial charge is 0.197 e. The van der Waals surface area contributed by atoms with Crippen LogP contribution < -0.4 is 0 Å². The Morgan fingerprint density at radius 1 is 1.78 bits per heavy atom. The van der Waals surface area contributed by atoms with E-state index in [1.165, 1.54) is 11.5 Å². The second-order valence-electron chi connectivity index (χ2n) is 1.77. The molecular formula is C7H9NS. The molecule has 1 heterocycles. The summed E-state index contributed by atoms with van der Waals surface area (Å²) in [5.41, 5.74) is 1.09. The van der Waals surface area contributed by atoms with Crippen molar-refractivity contribution in [3.63, 3.8) is 0 Å². The molecule has 0 saturated heterocycles. The summed E-state index contributed by atoms with van der Waals surface area (Å²) in [4.78, 5) is 0. The minimum absolute atomic E-state index is 0.956. The average molecular weight is 139 g/mol.